The van der Waals surface area contributed by atoms with Crippen molar-refractivity contribution in [2.24, 2.45) is 4.99 Å². The maximum absolute atomic E-state index is 12.9. The Bertz CT molecular complexity index is 976. The summed E-state index contributed by atoms with van der Waals surface area (Å²) < 4.78 is 5.42. The fourth-order valence-corrected chi connectivity index (χ4v) is 3.44. The number of ether oxygens (including phenoxy) is 1. The molecule has 1 aliphatic heterocycles. The lowest BCUT2D eigenvalue weighted by molar-refractivity contribution is -0.143. The Morgan fingerprint density at radius 3 is 2.31 bits per heavy atom. The van der Waals surface area contributed by atoms with Crippen molar-refractivity contribution in [2.45, 2.75) is 12.8 Å². The van der Waals surface area contributed by atoms with Gasteiger partial charge >= 0.3 is 5.97 Å². The van der Waals surface area contributed by atoms with E-state index < -0.39 is 5.92 Å². The molecule has 3 aromatic carbocycles. The Morgan fingerprint density at radius 1 is 0.885 bits per heavy atom. The van der Waals surface area contributed by atoms with E-state index in [1.165, 1.54) is 0 Å². The second kappa shape index (κ2) is 6.96. The quantitative estimate of drug-likeness (QED) is 0.619. The third-order valence-corrected chi connectivity index (χ3v) is 4.57. The number of fused-ring (bicyclic) bond motifs is 3. The molecular weight excluding hydrogens is 322 g/mol. The molecule has 3 heteroatoms. The molecule has 128 valence electrons. The average Bonchev–Trinajstić information content (AvgIpc) is 2.84. The topological polar surface area (TPSA) is 38.7 Å². The summed E-state index contributed by atoms with van der Waals surface area (Å²) in [7, 11) is 0. The van der Waals surface area contributed by atoms with Crippen LogP contribution in [0, 0.1) is 0 Å². The van der Waals surface area contributed by atoms with Gasteiger partial charge in [-0.2, -0.15) is 0 Å². The lowest BCUT2D eigenvalue weighted by Gasteiger charge is -2.19. The molecule has 0 radical (unpaired) electrons. The van der Waals surface area contributed by atoms with E-state index in [9.17, 15) is 4.79 Å². The molecule has 4 rings (SSSR count). The van der Waals surface area contributed by atoms with Crippen LogP contribution in [-0.2, 0) is 9.53 Å². The van der Waals surface area contributed by atoms with Crippen LogP contribution in [0.5, 0.6) is 0 Å². The van der Waals surface area contributed by atoms with Crippen molar-refractivity contribution in [3.63, 3.8) is 0 Å². The summed E-state index contributed by atoms with van der Waals surface area (Å²) in [6.07, 6.45) is 0. The summed E-state index contributed by atoms with van der Waals surface area (Å²) in [6.45, 7) is 2.17. The zero-order valence-corrected chi connectivity index (χ0v) is 14.6. The Kier molecular flexibility index (Phi) is 4.36. The van der Waals surface area contributed by atoms with Crippen LogP contribution in [-0.4, -0.2) is 18.3 Å². The molecule has 0 N–H and O–H groups in total. The van der Waals surface area contributed by atoms with Gasteiger partial charge in [-0.25, -0.2) is 0 Å². The van der Waals surface area contributed by atoms with E-state index in [-0.39, 0.29) is 5.97 Å². The van der Waals surface area contributed by atoms with Crippen molar-refractivity contribution < 1.29 is 9.53 Å². The first kappa shape index (κ1) is 16.3. The number of aliphatic imine (C=N–C) groups is 1. The number of esters is 1. The summed E-state index contributed by atoms with van der Waals surface area (Å²) in [5.74, 6) is -0.823. The summed E-state index contributed by atoms with van der Waals surface area (Å²) in [5.41, 5.74) is 5.50. The van der Waals surface area contributed by atoms with E-state index in [4.69, 9.17) is 9.73 Å². The summed E-state index contributed by atoms with van der Waals surface area (Å²) >= 11 is 0. The second-order valence-electron chi connectivity index (χ2n) is 6.15. The van der Waals surface area contributed by atoms with E-state index in [0.717, 1.165) is 33.7 Å². The molecule has 0 aromatic heterocycles. The van der Waals surface area contributed by atoms with Crippen LogP contribution >= 0.6 is 0 Å². The predicted molar refractivity (Wildman–Crippen MR) is 104 cm³/mol. The molecule has 0 fully saturated rings. The Labute approximate surface area is 153 Å². The number of rotatable bonds is 3. The van der Waals surface area contributed by atoms with Crippen LogP contribution in [0.3, 0.4) is 0 Å². The Hall–Kier alpha value is -3.20. The maximum atomic E-state index is 12.9. The Balaban J connectivity index is 2.02. The van der Waals surface area contributed by atoms with Crippen molar-refractivity contribution >= 4 is 17.4 Å². The van der Waals surface area contributed by atoms with E-state index >= 15 is 0 Å². The van der Waals surface area contributed by atoms with Gasteiger partial charge in [0.1, 0.15) is 5.92 Å². The highest BCUT2D eigenvalue weighted by molar-refractivity contribution is 6.18. The van der Waals surface area contributed by atoms with Gasteiger partial charge in [-0.15, -0.1) is 0 Å². The van der Waals surface area contributed by atoms with Crippen LogP contribution in [0.25, 0.3) is 11.1 Å². The second-order valence-corrected chi connectivity index (χ2v) is 6.15. The largest absolute Gasteiger partial charge is 0.465 e. The van der Waals surface area contributed by atoms with Gasteiger partial charge < -0.3 is 4.74 Å². The molecule has 26 heavy (non-hydrogen) atoms. The maximum Gasteiger partial charge on any atom is 0.319 e. The van der Waals surface area contributed by atoms with Crippen LogP contribution in [0.2, 0.25) is 0 Å². The zero-order valence-electron chi connectivity index (χ0n) is 14.6. The van der Waals surface area contributed by atoms with Crippen molar-refractivity contribution in [2.75, 3.05) is 6.61 Å². The number of benzene rings is 3. The van der Waals surface area contributed by atoms with Crippen molar-refractivity contribution in [3.8, 4) is 11.1 Å². The van der Waals surface area contributed by atoms with E-state index in [1.807, 2.05) is 85.8 Å². The smallest absolute Gasteiger partial charge is 0.319 e. The molecule has 0 aliphatic carbocycles. The third-order valence-electron chi connectivity index (χ3n) is 4.57. The first-order valence-corrected chi connectivity index (χ1v) is 8.78. The SMILES string of the molecule is CCOC(=O)[C@@H]1C(c2ccccc2)=Nc2ccccc2-c2ccccc21. The lowest BCUT2D eigenvalue weighted by atomic mass is 9.86. The fourth-order valence-electron chi connectivity index (χ4n) is 3.44. The van der Waals surface area contributed by atoms with E-state index in [0.29, 0.717) is 6.61 Å². The summed E-state index contributed by atoms with van der Waals surface area (Å²) in [6, 6.07) is 25.9. The molecular formula is C23H19NO2. The highest BCUT2D eigenvalue weighted by Crippen LogP contribution is 2.41. The molecule has 3 nitrogen and oxygen atoms in total. The molecule has 0 saturated heterocycles. The standard InChI is InChI=1S/C23H19NO2/c1-2-26-23(25)21-19-14-7-6-12-17(19)18-13-8-9-15-20(18)24-22(21)16-10-4-3-5-11-16/h3-15,21H,2H2,1H3/t21-/m0/s1. The van der Waals surface area contributed by atoms with Gasteiger partial charge in [-0.3, -0.25) is 9.79 Å². The molecule has 1 aliphatic rings. The number of para-hydroxylation sites is 1. The normalized spacial score (nSPS) is 15.3. The molecule has 0 bridgehead atoms. The number of carbonyl (C=O) groups is 1. The lowest BCUT2D eigenvalue weighted by Crippen LogP contribution is -2.25. The average molecular weight is 341 g/mol. The van der Waals surface area contributed by atoms with Crippen molar-refractivity contribution in [1.29, 1.82) is 0 Å². The van der Waals surface area contributed by atoms with Crippen molar-refractivity contribution in [3.05, 3.63) is 90.0 Å². The molecule has 0 spiro atoms. The van der Waals surface area contributed by atoms with E-state index in [2.05, 4.69) is 0 Å². The third kappa shape index (κ3) is 2.82. The molecule has 1 atom stereocenters. The first-order valence-electron chi connectivity index (χ1n) is 8.78. The summed E-state index contributed by atoms with van der Waals surface area (Å²) in [5, 5.41) is 0. The minimum Gasteiger partial charge on any atom is -0.465 e. The number of carbonyl (C=O) groups excluding carboxylic acids is 1. The van der Waals surface area contributed by atoms with Gasteiger partial charge in [-0.05, 0) is 29.7 Å². The molecule has 3 aromatic rings. The van der Waals surface area contributed by atoms with Gasteiger partial charge in [0, 0.05) is 5.56 Å². The Morgan fingerprint density at radius 2 is 1.54 bits per heavy atom. The predicted octanol–water partition coefficient (Wildman–Crippen LogP) is 5.13. The minimum atomic E-state index is -0.555. The van der Waals surface area contributed by atoms with Crippen LogP contribution in [0.4, 0.5) is 5.69 Å². The first-order chi connectivity index (χ1) is 12.8. The van der Waals surface area contributed by atoms with Crippen LogP contribution in [0.15, 0.2) is 83.9 Å². The van der Waals surface area contributed by atoms with Crippen LogP contribution < -0.4 is 0 Å². The van der Waals surface area contributed by atoms with E-state index in [1.54, 1.807) is 0 Å². The highest BCUT2D eigenvalue weighted by atomic mass is 16.5. The number of hydrogen-bond donors (Lipinski definition) is 0. The monoisotopic (exact) mass is 341 g/mol. The molecule has 0 amide bonds. The highest BCUT2D eigenvalue weighted by Gasteiger charge is 2.33. The number of hydrogen-bond acceptors (Lipinski definition) is 3. The number of nitrogens with zero attached hydrogens (tertiary/aromatic N) is 1. The van der Waals surface area contributed by atoms with Gasteiger partial charge in [-0.1, -0.05) is 72.8 Å². The van der Waals surface area contributed by atoms with Crippen molar-refractivity contribution in [1.82, 2.24) is 0 Å². The van der Waals surface area contributed by atoms with Gasteiger partial charge in [0.2, 0.25) is 0 Å². The zero-order chi connectivity index (χ0) is 17.9. The minimum absolute atomic E-state index is 0.268. The molecule has 0 unspecified atom stereocenters. The molecule has 1 heterocycles. The van der Waals surface area contributed by atoms with Gasteiger partial charge in [0.15, 0.2) is 0 Å². The fraction of sp³-hybridized carbons (Fsp3) is 0.130. The summed E-state index contributed by atoms with van der Waals surface area (Å²) in [4.78, 5) is 17.9. The van der Waals surface area contributed by atoms with Gasteiger partial charge in [0.25, 0.3) is 0 Å². The van der Waals surface area contributed by atoms with Gasteiger partial charge in [0.05, 0.1) is 18.0 Å². The molecule has 0 saturated carbocycles. The van der Waals surface area contributed by atoms with Crippen LogP contribution in [0.1, 0.15) is 24.0 Å².